The van der Waals surface area contributed by atoms with Crippen LogP contribution in [0.25, 0.3) is 0 Å². The summed E-state index contributed by atoms with van der Waals surface area (Å²) in [7, 11) is 0. The van der Waals surface area contributed by atoms with E-state index in [4.69, 9.17) is 4.74 Å². The van der Waals surface area contributed by atoms with Gasteiger partial charge in [-0.2, -0.15) is 22.0 Å². The lowest BCUT2D eigenvalue weighted by Crippen LogP contribution is -2.73. The van der Waals surface area contributed by atoms with Crippen molar-refractivity contribution in [2.24, 2.45) is 11.3 Å². The summed E-state index contributed by atoms with van der Waals surface area (Å²) in [6, 6.07) is 0. The number of hydrogen-bond acceptors (Lipinski definition) is 4. The maximum Gasteiger partial charge on any atom is 0.449 e. The predicted molar refractivity (Wildman–Crippen MR) is 69.6 cm³/mol. The first-order valence-electron chi connectivity index (χ1n) is 7.28. The summed E-state index contributed by atoms with van der Waals surface area (Å²) in [4.78, 5) is 11.8. The lowest BCUT2D eigenvalue weighted by atomic mass is 9.74. The average Bonchev–Trinajstić information content (AvgIpc) is 2.45. The quantitative estimate of drug-likeness (QED) is 0.626. The van der Waals surface area contributed by atoms with Crippen LogP contribution in [0, 0.1) is 11.3 Å². The first kappa shape index (κ1) is 20.1. The number of carbonyl (C=O) groups is 1. The molecule has 1 saturated heterocycles. The second-order valence-electron chi connectivity index (χ2n) is 6.19. The fourth-order valence-electron chi connectivity index (χ4n) is 2.23. The van der Waals surface area contributed by atoms with Gasteiger partial charge < -0.3 is 14.6 Å². The fourth-order valence-corrected chi connectivity index (χ4v) is 2.23. The van der Waals surface area contributed by atoms with Crippen molar-refractivity contribution in [3.8, 4) is 0 Å². The Morgan fingerprint density at radius 3 is 2.30 bits per heavy atom. The number of ether oxygens (including phenoxy) is 2. The first-order valence-corrected chi connectivity index (χ1v) is 7.28. The van der Waals surface area contributed by atoms with Gasteiger partial charge in [0.1, 0.15) is 0 Å². The Labute approximate surface area is 130 Å². The highest BCUT2D eigenvalue weighted by atomic mass is 19.4. The molecule has 0 aliphatic carbocycles. The highest BCUT2D eigenvalue weighted by molar-refractivity contribution is 5.72. The third-order valence-corrected chi connectivity index (χ3v) is 4.47. The van der Waals surface area contributed by atoms with E-state index in [0.717, 1.165) is 0 Å². The van der Waals surface area contributed by atoms with Crippen LogP contribution < -0.4 is 0 Å². The number of hydrogen-bond donors (Lipinski definition) is 1. The maximum absolute atomic E-state index is 14.5. The minimum absolute atomic E-state index is 0.0328. The molecule has 0 aromatic heterocycles. The molecule has 0 spiro atoms. The number of rotatable bonds is 4. The molecule has 0 bridgehead atoms. The molecule has 1 aliphatic rings. The smallest absolute Gasteiger partial charge is 0.449 e. The van der Waals surface area contributed by atoms with Gasteiger partial charge >= 0.3 is 23.9 Å². The molecular formula is C14H21F5O4. The van der Waals surface area contributed by atoms with Gasteiger partial charge in [0.25, 0.3) is 0 Å². The number of esters is 1. The Bertz CT molecular complexity index is 453. The zero-order valence-electron chi connectivity index (χ0n) is 13.3. The van der Waals surface area contributed by atoms with Gasteiger partial charge in [-0.15, -0.1) is 0 Å². The Morgan fingerprint density at radius 1 is 1.39 bits per heavy atom. The minimum Gasteiger partial charge on any atom is -0.455 e. The second-order valence-corrected chi connectivity index (χ2v) is 6.19. The van der Waals surface area contributed by atoms with E-state index in [-0.39, 0.29) is 12.8 Å². The van der Waals surface area contributed by atoms with Crippen molar-refractivity contribution in [3.63, 3.8) is 0 Å². The van der Waals surface area contributed by atoms with Gasteiger partial charge in [0.15, 0.2) is 6.10 Å². The monoisotopic (exact) mass is 348 g/mol. The average molecular weight is 348 g/mol. The van der Waals surface area contributed by atoms with E-state index in [1.807, 2.05) is 0 Å². The van der Waals surface area contributed by atoms with Gasteiger partial charge in [-0.3, -0.25) is 4.79 Å². The van der Waals surface area contributed by atoms with E-state index < -0.39 is 47.9 Å². The standard InChI is InChI=1S/C14H21F5O4/c1-5-8(3)9(20)23-10-11(4,6-2)7-22-13(21,12(10,15)16)14(17,18)19/h8,10,21H,5-7H2,1-4H3. The molecule has 0 aromatic rings. The molecule has 0 radical (unpaired) electrons. The molecule has 0 aromatic carbocycles. The topological polar surface area (TPSA) is 55.8 Å². The summed E-state index contributed by atoms with van der Waals surface area (Å²) in [5.74, 6) is -11.3. The highest BCUT2D eigenvalue weighted by Gasteiger charge is 2.79. The summed E-state index contributed by atoms with van der Waals surface area (Å²) >= 11 is 0. The molecule has 4 nitrogen and oxygen atoms in total. The van der Waals surface area contributed by atoms with Crippen LogP contribution in [0.2, 0.25) is 0 Å². The van der Waals surface area contributed by atoms with Crippen LogP contribution in [0.15, 0.2) is 0 Å². The lowest BCUT2D eigenvalue weighted by Gasteiger charge is -2.51. The van der Waals surface area contributed by atoms with E-state index >= 15 is 0 Å². The van der Waals surface area contributed by atoms with Crippen molar-refractivity contribution in [1.82, 2.24) is 0 Å². The van der Waals surface area contributed by atoms with E-state index in [1.165, 1.54) is 20.8 Å². The van der Waals surface area contributed by atoms with Crippen LogP contribution >= 0.6 is 0 Å². The number of halogens is 5. The fraction of sp³-hybridized carbons (Fsp3) is 0.929. The van der Waals surface area contributed by atoms with Crippen molar-refractivity contribution in [3.05, 3.63) is 0 Å². The van der Waals surface area contributed by atoms with Gasteiger partial charge in [-0.05, 0) is 12.8 Å². The summed E-state index contributed by atoms with van der Waals surface area (Å²) in [6.07, 6.45) is -7.96. The van der Waals surface area contributed by atoms with Crippen LogP contribution in [0.1, 0.15) is 40.5 Å². The molecular weight excluding hydrogens is 327 g/mol. The van der Waals surface area contributed by atoms with Crippen molar-refractivity contribution >= 4 is 5.97 Å². The molecule has 1 rings (SSSR count). The molecule has 4 atom stereocenters. The largest absolute Gasteiger partial charge is 0.455 e. The first-order chi connectivity index (χ1) is 10.3. The van der Waals surface area contributed by atoms with Gasteiger partial charge in [0.05, 0.1) is 12.5 Å². The maximum atomic E-state index is 14.5. The third kappa shape index (κ3) is 3.17. The Balaban J connectivity index is 3.30. The van der Waals surface area contributed by atoms with Gasteiger partial charge in [0.2, 0.25) is 0 Å². The number of alkyl halides is 5. The van der Waals surface area contributed by atoms with Crippen LogP contribution in [0.4, 0.5) is 22.0 Å². The SMILES string of the molecule is CCC(C)C(=O)OC1C(C)(CC)COC(O)(C(F)(F)F)C1(F)F. The second kappa shape index (κ2) is 6.16. The van der Waals surface area contributed by atoms with Crippen molar-refractivity contribution in [2.75, 3.05) is 6.61 Å². The summed E-state index contributed by atoms with van der Waals surface area (Å²) in [5, 5.41) is 9.45. The molecule has 23 heavy (non-hydrogen) atoms. The van der Waals surface area contributed by atoms with E-state index in [1.54, 1.807) is 6.92 Å². The number of carbonyl (C=O) groups excluding carboxylic acids is 1. The Morgan fingerprint density at radius 2 is 1.91 bits per heavy atom. The van der Waals surface area contributed by atoms with Crippen LogP contribution in [0.5, 0.6) is 0 Å². The molecule has 9 heteroatoms. The van der Waals surface area contributed by atoms with Crippen molar-refractivity contribution < 1.29 is 41.3 Å². The lowest BCUT2D eigenvalue weighted by molar-refractivity contribution is -0.471. The van der Waals surface area contributed by atoms with Crippen LogP contribution in [-0.2, 0) is 14.3 Å². The zero-order chi connectivity index (χ0) is 18.3. The predicted octanol–water partition coefficient (Wildman–Crippen LogP) is 3.28. The summed E-state index contributed by atoms with van der Waals surface area (Å²) < 4.78 is 76.5. The van der Waals surface area contributed by atoms with Gasteiger partial charge in [-0.1, -0.05) is 27.7 Å². The molecule has 4 unspecified atom stereocenters. The van der Waals surface area contributed by atoms with E-state index in [9.17, 15) is 31.9 Å². The molecule has 1 heterocycles. The Hall–Kier alpha value is -0.960. The molecule has 136 valence electrons. The number of aliphatic hydroxyl groups is 1. The van der Waals surface area contributed by atoms with Gasteiger partial charge in [-0.25, -0.2) is 0 Å². The van der Waals surface area contributed by atoms with Crippen LogP contribution in [0.3, 0.4) is 0 Å². The molecule has 1 aliphatic heterocycles. The van der Waals surface area contributed by atoms with Crippen LogP contribution in [-0.4, -0.2) is 41.7 Å². The molecule has 1 fully saturated rings. The van der Waals surface area contributed by atoms with Crippen molar-refractivity contribution in [1.29, 1.82) is 0 Å². The Kier molecular flexibility index (Phi) is 5.38. The molecule has 0 amide bonds. The summed E-state index contributed by atoms with van der Waals surface area (Å²) in [6.45, 7) is 4.89. The molecule has 1 N–H and O–H groups in total. The van der Waals surface area contributed by atoms with E-state index in [0.29, 0.717) is 0 Å². The zero-order valence-corrected chi connectivity index (χ0v) is 13.3. The summed E-state index contributed by atoms with van der Waals surface area (Å²) in [5.41, 5.74) is -1.57. The molecule has 0 saturated carbocycles. The van der Waals surface area contributed by atoms with E-state index in [2.05, 4.69) is 4.74 Å². The third-order valence-electron chi connectivity index (χ3n) is 4.47. The minimum atomic E-state index is -5.74. The highest BCUT2D eigenvalue weighted by Crippen LogP contribution is 2.54. The van der Waals surface area contributed by atoms with Crippen molar-refractivity contribution in [2.45, 2.75) is 64.5 Å². The van der Waals surface area contributed by atoms with Gasteiger partial charge in [0, 0.05) is 5.41 Å². The normalized spacial score (nSPS) is 35.7.